The number of nitrogens with zero attached hydrogens (tertiary/aromatic N) is 1. The van der Waals surface area contributed by atoms with Crippen LogP contribution in [0.3, 0.4) is 0 Å². The Kier molecular flexibility index (Phi) is 6.20. The molecular formula is C15H19ClN2OS. The zero-order valence-corrected chi connectivity index (χ0v) is 13.2. The molecule has 0 bridgehead atoms. The second-order valence-corrected chi connectivity index (χ2v) is 5.49. The standard InChI is InChI=1S/C15H18N2OS.ClH/c1-11(14-4-3-9-19-14)17(2)15(18)13-7-5-12(10-16)6-8-13;/h3-9,11H,10,16H2,1-2H3;1H. The van der Waals surface area contributed by atoms with Crippen molar-refractivity contribution in [2.75, 3.05) is 7.05 Å². The number of carbonyl (C=O) groups excluding carboxylic acids is 1. The normalized spacial score (nSPS) is 11.6. The summed E-state index contributed by atoms with van der Waals surface area (Å²) in [6, 6.07) is 11.6. The number of hydrogen-bond donors (Lipinski definition) is 1. The molecule has 0 aliphatic carbocycles. The fourth-order valence-corrected chi connectivity index (χ4v) is 2.71. The Balaban J connectivity index is 0.00000200. The summed E-state index contributed by atoms with van der Waals surface area (Å²) >= 11 is 1.67. The van der Waals surface area contributed by atoms with Crippen LogP contribution < -0.4 is 5.73 Å². The Labute approximate surface area is 129 Å². The zero-order chi connectivity index (χ0) is 13.8. The first-order chi connectivity index (χ1) is 9.13. The molecule has 108 valence electrons. The van der Waals surface area contributed by atoms with Gasteiger partial charge in [-0.2, -0.15) is 0 Å². The van der Waals surface area contributed by atoms with Crippen molar-refractivity contribution >= 4 is 29.7 Å². The summed E-state index contributed by atoms with van der Waals surface area (Å²) in [5.41, 5.74) is 7.28. The fraction of sp³-hybridized carbons (Fsp3) is 0.267. The molecule has 1 aromatic carbocycles. The van der Waals surface area contributed by atoms with Crippen molar-refractivity contribution in [2.45, 2.75) is 19.5 Å². The Morgan fingerprint density at radius 2 is 1.95 bits per heavy atom. The molecule has 0 spiro atoms. The molecule has 0 radical (unpaired) electrons. The minimum atomic E-state index is 0. The largest absolute Gasteiger partial charge is 0.334 e. The monoisotopic (exact) mass is 310 g/mol. The number of hydrogen-bond acceptors (Lipinski definition) is 3. The molecule has 2 rings (SSSR count). The van der Waals surface area contributed by atoms with Gasteiger partial charge in [0.05, 0.1) is 6.04 Å². The Hall–Kier alpha value is -1.36. The molecule has 20 heavy (non-hydrogen) atoms. The van der Waals surface area contributed by atoms with Gasteiger partial charge in [-0.1, -0.05) is 18.2 Å². The third-order valence-electron chi connectivity index (χ3n) is 3.29. The maximum absolute atomic E-state index is 12.4. The Morgan fingerprint density at radius 1 is 1.30 bits per heavy atom. The highest BCUT2D eigenvalue weighted by Gasteiger charge is 2.19. The average molecular weight is 311 g/mol. The van der Waals surface area contributed by atoms with Crippen molar-refractivity contribution < 1.29 is 4.79 Å². The molecule has 0 aliphatic rings. The van der Waals surface area contributed by atoms with Crippen molar-refractivity contribution in [1.29, 1.82) is 0 Å². The van der Waals surface area contributed by atoms with Crippen LogP contribution in [0.25, 0.3) is 0 Å². The molecule has 1 atom stereocenters. The van der Waals surface area contributed by atoms with E-state index in [0.717, 1.165) is 5.56 Å². The van der Waals surface area contributed by atoms with Crippen LogP contribution >= 0.6 is 23.7 Å². The van der Waals surface area contributed by atoms with Crippen LogP contribution in [0.5, 0.6) is 0 Å². The number of carbonyl (C=O) groups is 1. The van der Waals surface area contributed by atoms with Crippen LogP contribution in [0.4, 0.5) is 0 Å². The van der Waals surface area contributed by atoms with Gasteiger partial charge in [0.25, 0.3) is 5.91 Å². The van der Waals surface area contributed by atoms with E-state index in [1.807, 2.05) is 49.7 Å². The van der Waals surface area contributed by atoms with Crippen LogP contribution in [0.2, 0.25) is 0 Å². The summed E-state index contributed by atoms with van der Waals surface area (Å²) in [5, 5.41) is 2.03. The summed E-state index contributed by atoms with van der Waals surface area (Å²) < 4.78 is 0. The number of thiophene rings is 1. The van der Waals surface area contributed by atoms with Crippen LogP contribution in [-0.4, -0.2) is 17.9 Å². The molecule has 5 heteroatoms. The van der Waals surface area contributed by atoms with Gasteiger partial charge < -0.3 is 10.6 Å². The maximum atomic E-state index is 12.4. The van der Waals surface area contributed by atoms with Crippen molar-refractivity contribution in [3.8, 4) is 0 Å². The van der Waals surface area contributed by atoms with Crippen LogP contribution in [0.15, 0.2) is 41.8 Å². The molecule has 0 saturated heterocycles. The molecule has 2 N–H and O–H groups in total. The first kappa shape index (κ1) is 16.7. The quantitative estimate of drug-likeness (QED) is 0.940. The highest BCUT2D eigenvalue weighted by atomic mass is 35.5. The van der Waals surface area contributed by atoms with Gasteiger partial charge in [0, 0.05) is 24.0 Å². The second-order valence-electron chi connectivity index (χ2n) is 4.51. The highest BCUT2D eigenvalue weighted by molar-refractivity contribution is 7.10. The zero-order valence-electron chi connectivity index (χ0n) is 11.6. The molecule has 1 unspecified atom stereocenters. The molecule has 1 heterocycles. The summed E-state index contributed by atoms with van der Waals surface area (Å²) in [6.07, 6.45) is 0. The van der Waals surface area contributed by atoms with E-state index in [4.69, 9.17) is 5.73 Å². The molecule has 0 fully saturated rings. The number of amides is 1. The number of benzene rings is 1. The number of nitrogens with two attached hydrogens (primary N) is 1. The van der Waals surface area contributed by atoms with Crippen LogP contribution in [0, 0.1) is 0 Å². The molecular weight excluding hydrogens is 292 g/mol. The molecule has 2 aromatic rings. The maximum Gasteiger partial charge on any atom is 0.254 e. The van der Waals surface area contributed by atoms with Crippen molar-refractivity contribution in [2.24, 2.45) is 5.73 Å². The van der Waals surface area contributed by atoms with Gasteiger partial charge >= 0.3 is 0 Å². The van der Waals surface area contributed by atoms with Crippen molar-refractivity contribution in [3.05, 3.63) is 57.8 Å². The van der Waals surface area contributed by atoms with E-state index in [-0.39, 0.29) is 24.4 Å². The van der Waals surface area contributed by atoms with Gasteiger partial charge in [0.15, 0.2) is 0 Å². The first-order valence-corrected chi connectivity index (χ1v) is 7.11. The van der Waals surface area contributed by atoms with E-state index >= 15 is 0 Å². The summed E-state index contributed by atoms with van der Waals surface area (Å²) in [4.78, 5) is 15.3. The van der Waals surface area contributed by atoms with Crippen LogP contribution in [-0.2, 0) is 6.54 Å². The lowest BCUT2D eigenvalue weighted by Crippen LogP contribution is -2.29. The molecule has 3 nitrogen and oxygen atoms in total. The van der Waals surface area contributed by atoms with Gasteiger partial charge in [-0.05, 0) is 36.1 Å². The van der Waals surface area contributed by atoms with Gasteiger partial charge in [-0.15, -0.1) is 23.7 Å². The van der Waals surface area contributed by atoms with E-state index in [1.165, 1.54) is 4.88 Å². The fourth-order valence-electron chi connectivity index (χ4n) is 1.88. The van der Waals surface area contributed by atoms with E-state index in [2.05, 4.69) is 6.07 Å². The van der Waals surface area contributed by atoms with Crippen molar-refractivity contribution in [3.63, 3.8) is 0 Å². The third-order valence-corrected chi connectivity index (χ3v) is 4.34. The van der Waals surface area contributed by atoms with E-state index in [0.29, 0.717) is 12.1 Å². The van der Waals surface area contributed by atoms with Crippen molar-refractivity contribution in [1.82, 2.24) is 4.90 Å². The van der Waals surface area contributed by atoms with Gasteiger partial charge in [0.2, 0.25) is 0 Å². The predicted octanol–water partition coefficient (Wildman–Crippen LogP) is 3.46. The average Bonchev–Trinajstić information content (AvgIpc) is 2.99. The number of rotatable bonds is 4. The second kappa shape index (κ2) is 7.43. The van der Waals surface area contributed by atoms with Crippen LogP contribution in [0.1, 0.15) is 33.8 Å². The Bertz CT molecular complexity index is 540. The predicted molar refractivity (Wildman–Crippen MR) is 86.4 cm³/mol. The lowest BCUT2D eigenvalue weighted by Gasteiger charge is -2.24. The smallest absolute Gasteiger partial charge is 0.254 e. The minimum Gasteiger partial charge on any atom is -0.334 e. The summed E-state index contributed by atoms with van der Waals surface area (Å²) in [5.74, 6) is 0.0319. The molecule has 1 amide bonds. The van der Waals surface area contributed by atoms with E-state index in [1.54, 1.807) is 16.2 Å². The van der Waals surface area contributed by atoms with Gasteiger partial charge in [0.1, 0.15) is 0 Å². The molecule has 1 aromatic heterocycles. The van der Waals surface area contributed by atoms with Gasteiger partial charge in [-0.3, -0.25) is 4.79 Å². The molecule has 0 aliphatic heterocycles. The van der Waals surface area contributed by atoms with E-state index in [9.17, 15) is 4.79 Å². The first-order valence-electron chi connectivity index (χ1n) is 6.23. The van der Waals surface area contributed by atoms with Gasteiger partial charge in [-0.25, -0.2) is 0 Å². The lowest BCUT2D eigenvalue weighted by molar-refractivity contribution is 0.0745. The lowest BCUT2D eigenvalue weighted by atomic mass is 10.1. The summed E-state index contributed by atoms with van der Waals surface area (Å²) in [6.45, 7) is 2.54. The molecule has 0 saturated carbocycles. The highest BCUT2D eigenvalue weighted by Crippen LogP contribution is 2.24. The number of halogens is 1. The Morgan fingerprint density at radius 3 is 2.45 bits per heavy atom. The minimum absolute atomic E-state index is 0. The topological polar surface area (TPSA) is 46.3 Å². The summed E-state index contributed by atoms with van der Waals surface area (Å²) in [7, 11) is 1.84. The SMILES string of the molecule is CC(c1cccs1)N(C)C(=O)c1ccc(CN)cc1.Cl. The van der Waals surface area contributed by atoms with E-state index < -0.39 is 0 Å². The third kappa shape index (κ3) is 3.60.